The number of carbonyl (C=O) groups is 2. The molecule has 0 fully saturated rings. The maximum absolute atomic E-state index is 12.1. The molecule has 5 heteroatoms. The molecule has 0 aliphatic carbocycles. The summed E-state index contributed by atoms with van der Waals surface area (Å²) in [4.78, 5) is 23.8. The maximum atomic E-state index is 12.1. The third-order valence-electron chi connectivity index (χ3n) is 3.59. The highest BCUT2D eigenvalue weighted by atomic mass is 16.6. The zero-order chi connectivity index (χ0) is 16.9. The number of rotatable bonds is 5. The second kappa shape index (κ2) is 7.00. The number of aryl methyl sites for hydroxylation is 1. The molecule has 1 heterocycles. The number of hydrogen-bond donors (Lipinski definition) is 0. The summed E-state index contributed by atoms with van der Waals surface area (Å²) in [5.41, 5.74) is 1.83. The van der Waals surface area contributed by atoms with E-state index in [2.05, 4.69) is 0 Å². The summed E-state index contributed by atoms with van der Waals surface area (Å²) in [5, 5.41) is 0.875. The van der Waals surface area contributed by atoms with Crippen LogP contribution in [0.15, 0.2) is 59.0 Å². The summed E-state index contributed by atoms with van der Waals surface area (Å²) in [7, 11) is 0. The summed E-state index contributed by atoms with van der Waals surface area (Å²) in [6, 6.07) is 16.0. The predicted molar refractivity (Wildman–Crippen MR) is 88.0 cm³/mol. The van der Waals surface area contributed by atoms with Crippen LogP contribution in [0.2, 0.25) is 0 Å². The normalized spacial score (nSPS) is 10.5. The number of esters is 2. The molecular weight excluding hydrogens is 308 g/mol. The smallest absolute Gasteiger partial charge is 0.374 e. The van der Waals surface area contributed by atoms with Gasteiger partial charge in [0.25, 0.3) is 0 Å². The molecule has 0 aliphatic heterocycles. The van der Waals surface area contributed by atoms with E-state index in [4.69, 9.17) is 13.9 Å². The van der Waals surface area contributed by atoms with Gasteiger partial charge < -0.3 is 13.9 Å². The number of para-hydroxylation sites is 1. The van der Waals surface area contributed by atoms with Gasteiger partial charge in [0.15, 0.2) is 0 Å². The highest BCUT2D eigenvalue weighted by molar-refractivity contribution is 5.95. The van der Waals surface area contributed by atoms with Crippen LogP contribution in [0, 0.1) is 6.92 Å². The van der Waals surface area contributed by atoms with Crippen LogP contribution in [0.5, 0.6) is 0 Å². The average molecular weight is 324 g/mol. The van der Waals surface area contributed by atoms with Crippen LogP contribution in [0.25, 0.3) is 11.0 Å². The molecule has 1 aromatic heterocycles. The van der Waals surface area contributed by atoms with Gasteiger partial charge in [0.2, 0.25) is 5.76 Å². The monoisotopic (exact) mass is 324 g/mol. The van der Waals surface area contributed by atoms with Crippen molar-refractivity contribution in [2.24, 2.45) is 0 Å². The number of ether oxygens (including phenoxy) is 2. The van der Waals surface area contributed by atoms with E-state index < -0.39 is 11.9 Å². The molecule has 3 rings (SSSR count). The lowest BCUT2D eigenvalue weighted by Gasteiger charge is -2.05. The van der Waals surface area contributed by atoms with Crippen molar-refractivity contribution in [3.63, 3.8) is 0 Å². The summed E-state index contributed by atoms with van der Waals surface area (Å²) < 4.78 is 15.7. The van der Waals surface area contributed by atoms with E-state index in [1.807, 2.05) is 24.3 Å². The van der Waals surface area contributed by atoms with Crippen LogP contribution < -0.4 is 0 Å². The molecule has 3 aromatic rings. The van der Waals surface area contributed by atoms with Crippen LogP contribution in [-0.4, -0.2) is 25.2 Å². The Hall–Kier alpha value is -3.08. The second-order valence-electron chi connectivity index (χ2n) is 5.19. The van der Waals surface area contributed by atoms with Crippen molar-refractivity contribution in [3.05, 3.63) is 71.5 Å². The van der Waals surface area contributed by atoms with Gasteiger partial charge in [-0.3, -0.25) is 0 Å². The van der Waals surface area contributed by atoms with Gasteiger partial charge in [-0.15, -0.1) is 0 Å². The molecule has 0 amide bonds. The Morgan fingerprint density at radius 3 is 2.21 bits per heavy atom. The van der Waals surface area contributed by atoms with Crippen molar-refractivity contribution >= 4 is 22.9 Å². The lowest BCUT2D eigenvalue weighted by atomic mass is 10.1. The highest BCUT2D eigenvalue weighted by Gasteiger charge is 2.18. The minimum Gasteiger partial charge on any atom is -0.458 e. The van der Waals surface area contributed by atoms with E-state index >= 15 is 0 Å². The van der Waals surface area contributed by atoms with Gasteiger partial charge in [-0.1, -0.05) is 36.4 Å². The quantitative estimate of drug-likeness (QED) is 0.528. The lowest BCUT2D eigenvalue weighted by Crippen LogP contribution is -2.14. The Balaban J connectivity index is 1.54. The van der Waals surface area contributed by atoms with Crippen molar-refractivity contribution in [1.29, 1.82) is 0 Å². The number of benzene rings is 2. The highest BCUT2D eigenvalue weighted by Crippen LogP contribution is 2.25. The van der Waals surface area contributed by atoms with Gasteiger partial charge in [0.05, 0.1) is 5.56 Å². The summed E-state index contributed by atoms with van der Waals surface area (Å²) in [5.74, 6) is -0.850. The first kappa shape index (κ1) is 15.8. The molecule has 0 radical (unpaired) electrons. The number of hydrogen-bond acceptors (Lipinski definition) is 5. The van der Waals surface area contributed by atoms with Crippen LogP contribution in [-0.2, 0) is 9.47 Å². The SMILES string of the molecule is Cc1c(C(=O)OCCOC(=O)c2ccccc2)oc2ccccc12. The molecule has 5 nitrogen and oxygen atoms in total. The Morgan fingerprint density at radius 2 is 1.50 bits per heavy atom. The molecule has 122 valence electrons. The first-order chi connectivity index (χ1) is 11.7. The van der Waals surface area contributed by atoms with Gasteiger partial charge in [-0.25, -0.2) is 9.59 Å². The molecule has 0 N–H and O–H groups in total. The Kier molecular flexibility index (Phi) is 4.61. The van der Waals surface area contributed by atoms with Gasteiger partial charge in [0.1, 0.15) is 18.8 Å². The van der Waals surface area contributed by atoms with E-state index in [9.17, 15) is 9.59 Å². The molecule has 0 spiro atoms. The van der Waals surface area contributed by atoms with Crippen molar-refractivity contribution in [3.8, 4) is 0 Å². The molecular formula is C19H16O5. The van der Waals surface area contributed by atoms with Gasteiger partial charge >= 0.3 is 11.9 Å². The van der Waals surface area contributed by atoms with Crippen LogP contribution in [0.4, 0.5) is 0 Å². The summed E-state index contributed by atoms with van der Waals surface area (Å²) in [6.07, 6.45) is 0. The van der Waals surface area contributed by atoms with Crippen LogP contribution >= 0.6 is 0 Å². The fraction of sp³-hybridized carbons (Fsp3) is 0.158. The fourth-order valence-corrected chi connectivity index (χ4v) is 2.36. The molecule has 0 unspecified atom stereocenters. The van der Waals surface area contributed by atoms with E-state index in [1.54, 1.807) is 37.3 Å². The van der Waals surface area contributed by atoms with E-state index in [0.717, 1.165) is 10.9 Å². The molecule has 0 atom stereocenters. The Bertz CT molecular complexity index is 864. The Morgan fingerprint density at radius 1 is 0.875 bits per heavy atom. The number of carbonyl (C=O) groups excluding carboxylic acids is 2. The average Bonchev–Trinajstić information content (AvgIpc) is 2.96. The molecule has 0 saturated heterocycles. The van der Waals surface area contributed by atoms with E-state index in [1.165, 1.54) is 0 Å². The standard InChI is InChI=1S/C19H16O5/c1-13-15-9-5-6-10-16(15)24-17(13)19(21)23-12-11-22-18(20)14-7-3-2-4-8-14/h2-10H,11-12H2,1H3. The third kappa shape index (κ3) is 3.30. The first-order valence-corrected chi connectivity index (χ1v) is 7.54. The van der Waals surface area contributed by atoms with Gasteiger partial charge in [-0.05, 0) is 25.1 Å². The number of fused-ring (bicyclic) bond motifs is 1. The summed E-state index contributed by atoms with van der Waals surface area (Å²) in [6.45, 7) is 1.75. The lowest BCUT2D eigenvalue weighted by molar-refractivity contribution is 0.0247. The minimum absolute atomic E-state index is 0.0151. The second-order valence-corrected chi connectivity index (χ2v) is 5.19. The van der Waals surface area contributed by atoms with Crippen molar-refractivity contribution in [1.82, 2.24) is 0 Å². The summed E-state index contributed by atoms with van der Waals surface area (Å²) >= 11 is 0. The van der Waals surface area contributed by atoms with Crippen LogP contribution in [0.1, 0.15) is 26.5 Å². The van der Waals surface area contributed by atoms with Crippen molar-refractivity contribution in [2.45, 2.75) is 6.92 Å². The predicted octanol–water partition coefficient (Wildman–Crippen LogP) is 3.76. The topological polar surface area (TPSA) is 65.7 Å². The fourth-order valence-electron chi connectivity index (χ4n) is 2.36. The van der Waals surface area contributed by atoms with Gasteiger partial charge in [-0.2, -0.15) is 0 Å². The molecule has 0 aliphatic rings. The Labute approximate surface area is 138 Å². The van der Waals surface area contributed by atoms with Crippen molar-refractivity contribution in [2.75, 3.05) is 13.2 Å². The molecule has 0 bridgehead atoms. The zero-order valence-electron chi connectivity index (χ0n) is 13.2. The van der Waals surface area contributed by atoms with Gasteiger partial charge in [0, 0.05) is 10.9 Å². The maximum Gasteiger partial charge on any atom is 0.374 e. The third-order valence-corrected chi connectivity index (χ3v) is 3.59. The largest absolute Gasteiger partial charge is 0.458 e. The zero-order valence-corrected chi connectivity index (χ0v) is 13.2. The first-order valence-electron chi connectivity index (χ1n) is 7.54. The van der Waals surface area contributed by atoms with E-state index in [0.29, 0.717) is 11.1 Å². The number of furan rings is 1. The van der Waals surface area contributed by atoms with Crippen LogP contribution in [0.3, 0.4) is 0 Å². The van der Waals surface area contributed by atoms with E-state index in [-0.39, 0.29) is 19.0 Å². The molecule has 24 heavy (non-hydrogen) atoms. The molecule has 0 saturated carbocycles. The molecule has 2 aromatic carbocycles. The van der Waals surface area contributed by atoms with Crippen molar-refractivity contribution < 1.29 is 23.5 Å². The minimum atomic E-state index is -0.570.